The summed E-state index contributed by atoms with van der Waals surface area (Å²) in [7, 11) is 0. The van der Waals surface area contributed by atoms with Crippen molar-refractivity contribution >= 4 is 23.2 Å². The molecule has 1 N–H and O–H groups in total. The van der Waals surface area contributed by atoms with Crippen molar-refractivity contribution in [2.75, 3.05) is 42.9 Å². The van der Waals surface area contributed by atoms with Gasteiger partial charge in [0, 0.05) is 37.4 Å². The number of Topliss-reactive ketones (excluding diaryl/α,β-unsaturated/α-hetero) is 1. The smallest absolute Gasteiger partial charge is 0.275 e. The summed E-state index contributed by atoms with van der Waals surface area (Å²) in [5.41, 5.74) is 1.48. The van der Waals surface area contributed by atoms with Crippen LogP contribution in [0.3, 0.4) is 0 Å². The van der Waals surface area contributed by atoms with Gasteiger partial charge in [-0.3, -0.25) is 9.59 Å². The quantitative estimate of drug-likeness (QED) is 0.829. The van der Waals surface area contributed by atoms with Crippen LogP contribution in [-0.2, 0) is 0 Å². The summed E-state index contributed by atoms with van der Waals surface area (Å²) in [5.74, 6) is 0.461. The van der Waals surface area contributed by atoms with Gasteiger partial charge in [0.2, 0.25) is 0 Å². The average Bonchev–Trinajstić information content (AvgIpc) is 2.68. The number of carbonyl (C=O) groups is 2. The number of amides is 1. The van der Waals surface area contributed by atoms with E-state index in [1.165, 1.54) is 13.1 Å². The largest absolute Gasteiger partial charge is 0.353 e. The van der Waals surface area contributed by atoms with Gasteiger partial charge in [-0.2, -0.15) is 0 Å². The minimum absolute atomic E-state index is 0.0101. The number of likely N-dealkylation sites (N-methyl/N-ethyl adjacent to an activating group) is 1. The monoisotopic (exact) mass is 353 g/mol. The molecular formula is C19H23N5O2. The number of aromatic nitrogens is 2. The highest BCUT2D eigenvalue weighted by Gasteiger charge is 2.17. The van der Waals surface area contributed by atoms with Crippen molar-refractivity contribution in [1.29, 1.82) is 0 Å². The highest BCUT2D eigenvalue weighted by molar-refractivity contribution is 6.03. The number of hydrogen-bond acceptors (Lipinski definition) is 6. The first-order chi connectivity index (χ1) is 12.6. The van der Waals surface area contributed by atoms with Crippen molar-refractivity contribution in [2.45, 2.75) is 13.8 Å². The number of rotatable bonds is 5. The Balaban J connectivity index is 1.61. The van der Waals surface area contributed by atoms with Gasteiger partial charge in [0.05, 0.1) is 12.4 Å². The van der Waals surface area contributed by atoms with Crippen LogP contribution < -0.4 is 10.2 Å². The predicted molar refractivity (Wildman–Crippen MR) is 101 cm³/mol. The lowest BCUT2D eigenvalue weighted by molar-refractivity contribution is 0.101. The molecule has 3 rings (SSSR count). The minimum atomic E-state index is -0.324. The number of carbonyl (C=O) groups excluding carboxylic acids is 2. The van der Waals surface area contributed by atoms with Gasteiger partial charge in [-0.1, -0.05) is 6.92 Å². The zero-order valence-electron chi connectivity index (χ0n) is 15.1. The number of nitrogens with one attached hydrogen (secondary N) is 1. The SMILES string of the molecule is CCN1CCN(c2cnc(C(=O)Nc3ccc(C(C)=O)cc3)cn2)CC1. The number of piperazine rings is 1. The predicted octanol–water partition coefficient (Wildman–Crippen LogP) is 2.07. The summed E-state index contributed by atoms with van der Waals surface area (Å²) >= 11 is 0. The zero-order valence-corrected chi connectivity index (χ0v) is 15.1. The Morgan fingerprint density at radius 3 is 2.27 bits per heavy atom. The molecule has 1 aliphatic rings. The lowest BCUT2D eigenvalue weighted by Crippen LogP contribution is -2.46. The van der Waals surface area contributed by atoms with Crippen LogP contribution in [0.1, 0.15) is 34.7 Å². The second kappa shape index (κ2) is 8.05. The molecule has 1 amide bonds. The Kier molecular flexibility index (Phi) is 5.58. The standard InChI is InChI=1S/C19H23N5O2/c1-3-23-8-10-24(11-9-23)18-13-20-17(12-21-18)19(26)22-16-6-4-15(5-7-16)14(2)25/h4-7,12-13H,3,8-11H2,1-2H3,(H,22,26). The minimum Gasteiger partial charge on any atom is -0.353 e. The fourth-order valence-corrected chi connectivity index (χ4v) is 2.88. The maximum atomic E-state index is 12.3. The van der Waals surface area contributed by atoms with E-state index in [2.05, 4.69) is 32.0 Å². The van der Waals surface area contributed by atoms with E-state index in [4.69, 9.17) is 0 Å². The van der Waals surface area contributed by atoms with Gasteiger partial charge in [-0.05, 0) is 37.7 Å². The third-order valence-electron chi connectivity index (χ3n) is 4.56. The molecule has 1 aliphatic heterocycles. The average molecular weight is 353 g/mol. The van der Waals surface area contributed by atoms with Crippen molar-refractivity contribution in [3.63, 3.8) is 0 Å². The first-order valence-electron chi connectivity index (χ1n) is 8.78. The lowest BCUT2D eigenvalue weighted by Gasteiger charge is -2.34. The van der Waals surface area contributed by atoms with Gasteiger partial charge in [0.1, 0.15) is 11.5 Å². The van der Waals surface area contributed by atoms with E-state index in [0.29, 0.717) is 11.3 Å². The molecular weight excluding hydrogens is 330 g/mol. The van der Waals surface area contributed by atoms with E-state index >= 15 is 0 Å². The van der Waals surface area contributed by atoms with E-state index in [-0.39, 0.29) is 17.4 Å². The fraction of sp³-hybridized carbons (Fsp3) is 0.368. The van der Waals surface area contributed by atoms with E-state index in [1.807, 2.05) is 0 Å². The van der Waals surface area contributed by atoms with E-state index in [0.717, 1.165) is 38.5 Å². The third kappa shape index (κ3) is 4.23. The Labute approximate surface area is 153 Å². The van der Waals surface area contributed by atoms with Crippen molar-refractivity contribution in [3.05, 3.63) is 47.9 Å². The van der Waals surface area contributed by atoms with Crippen molar-refractivity contribution in [3.8, 4) is 0 Å². The van der Waals surface area contributed by atoms with Crippen LogP contribution >= 0.6 is 0 Å². The maximum absolute atomic E-state index is 12.3. The van der Waals surface area contributed by atoms with E-state index in [1.54, 1.807) is 30.5 Å². The van der Waals surface area contributed by atoms with Crippen LogP contribution in [0.25, 0.3) is 0 Å². The number of benzene rings is 1. The van der Waals surface area contributed by atoms with Gasteiger partial charge in [0.25, 0.3) is 5.91 Å². The maximum Gasteiger partial charge on any atom is 0.275 e. The second-order valence-electron chi connectivity index (χ2n) is 6.27. The molecule has 1 aromatic carbocycles. The molecule has 0 saturated carbocycles. The number of anilines is 2. The molecule has 0 bridgehead atoms. The molecule has 2 aromatic rings. The summed E-state index contributed by atoms with van der Waals surface area (Å²) in [5, 5.41) is 2.76. The van der Waals surface area contributed by atoms with Gasteiger partial charge >= 0.3 is 0 Å². The molecule has 7 nitrogen and oxygen atoms in total. The Hall–Kier alpha value is -2.80. The number of ketones is 1. The Morgan fingerprint density at radius 2 is 1.73 bits per heavy atom. The Bertz CT molecular complexity index is 766. The summed E-state index contributed by atoms with van der Waals surface area (Å²) in [4.78, 5) is 36.8. The first-order valence-corrected chi connectivity index (χ1v) is 8.78. The fourth-order valence-electron chi connectivity index (χ4n) is 2.88. The van der Waals surface area contributed by atoms with Crippen LogP contribution in [0.15, 0.2) is 36.7 Å². The molecule has 0 atom stereocenters. The van der Waals surface area contributed by atoms with Gasteiger partial charge in [-0.15, -0.1) is 0 Å². The topological polar surface area (TPSA) is 78.4 Å². The molecule has 1 fully saturated rings. The molecule has 26 heavy (non-hydrogen) atoms. The van der Waals surface area contributed by atoms with Gasteiger partial charge in [0.15, 0.2) is 5.78 Å². The van der Waals surface area contributed by atoms with Crippen molar-refractivity contribution in [2.24, 2.45) is 0 Å². The third-order valence-corrected chi connectivity index (χ3v) is 4.56. The summed E-state index contributed by atoms with van der Waals surface area (Å²) in [6, 6.07) is 6.76. The Morgan fingerprint density at radius 1 is 1.04 bits per heavy atom. The molecule has 0 radical (unpaired) electrons. The molecule has 1 aromatic heterocycles. The number of hydrogen-bond donors (Lipinski definition) is 1. The zero-order chi connectivity index (χ0) is 18.5. The molecule has 0 unspecified atom stereocenters. The number of nitrogens with zero attached hydrogens (tertiary/aromatic N) is 4. The molecule has 2 heterocycles. The summed E-state index contributed by atoms with van der Waals surface area (Å²) in [6.45, 7) is 8.58. The van der Waals surface area contributed by atoms with Crippen LogP contribution in [0.4, 0.5) is 11.5 Å². The molecule has 0 spiro atoms. The first kappa shape index (κ1) is 18.0. The summed E-state index contributed by atoms with van der Waals surface area (Å²) in [6.07, 6.45) is 3.15. The molecule has 7 heteroatoms. The van der Waals surface area contributed by atoms with Gasteiger partial charge < -0.3 is 15.1 Å². The summed E-state index contributed by atoms with van der Waals surface area (Å²) < 4.78 is 0. The highest BCUT2D eigenvalue weighted by atomic mass is 16.2. The molecule has 1 saturated heterocycles. The van der Waals surface area contributed by atoms with Crippen LogP contribution in [-0.4, -0.2) is 59.3 Å². The second-order valence-corrected chi connectivity index (χ2v) is 6.27. The van der Waals surface area contributed by atoms with Crippen molar-refractivity contribution < 1.29 is 9.59 Å². The normalized spacial score (nSPS) is 14.9. The van der Waals surface area contributed by atoms with Crippen molar-refractivity contribution in [1.82, 2.24) is 14.9 Å². The lowest BCUT2D eigenvalue weighted by atomic mass is 10.1. The van der Waals surface area contributed by atoms with Crippen LogP contribution in [0.5, 0.6) is 0 Å². The van der Waals surface area contributed by atoms with Crippen LogP contribution in [0.2, 0.25) is 0 Å². The van der Waals surface area contributed by atoms with Gasteiger partial charge in [-0.25, -0.2) is 9.97 Å². The van der Waals surface area contributed by atoms with Crippen LogP contribution in [0, 0.1) is 0 Å². The molecule has 136 valence electrons. The van der Waals surface area contributed by atoms with E-state index in [9.17, 15) is 9.59 Å². The molecule has 0 aliphatic carbocycles. The highest BCUT2D eigenvalue weighted by Crippen LogP contribution is 2.14. The van der Waals surface area contributed by atoms with E-state index < -0.39 is 0 Å².